The van der Waals surface area contributed by atoms with Gasteiger partial charge in [0.15, 0.2) is 0 Å². The SMILES string of the molecule is Clc1ccc(I)cc1CI. The second-order valence-electron chi connectivity index (χ2n) is 1.87. The van der Waals surface area contributed by atoms with Crippen LogP contribution in [0.5, 0.6) is 0 Å². The van der Waals surface area contributed by atoms with E-state index in [0.717, 1.165) is 9.45 Å². The molecule has 0 bridgehead atoms. The lowest BCUT2D eigenvalue weighted by molar-refractivity contribution is 1.43. The van der Waals surface area contributed by atoms with E-state index in [1.165, 1.54) is 9.13 Å². The molecule has 0 aliphatic heterocycles. The Morgan fingerprint density at radius 1 is 1.40 bits per heavy atom. The van der Waals surface area contributed by atoms with Crippen molar-refractivity contribution in [2.24, 2.45) is 0 Å². The zero-order chi connectivity index (χ0) is 7.56. The maximum Gasteiger partial charge on any atom is 0.0446 e. The maximum absolute atomic E-state index is 5.89. The fraction of sp³-hybridized carbons (Fsp3) is 0.143. The van der Waals surface area contributed by atoms with Gasteiger partial charge < -0.3 is 0 Å². The minimum absolute atomic E-state index is 0.870. The highest BCUT2D eigenvalue weighted by Crippen LogP contribution is 2.20. The number of halogens is 3. The molecule has 0 N–H and O–H groups in total. The van der Waals surface area contributed by atoms with Gasteiger partial charge in [-0.3, -0.25) is 0 Å². The largest absolute Gasteiger partial charge is 0.0840 e. The molecule has 0 saturated carbocycles. The molecule has 0 heterocycles. The highest BCUT2D eigenvalue weighted by molar-refractivity contribution is 14.1. The van der Waals surface area contributed by atoms with Crippen molar-refractivity contribution in [2.75, 3.05) is 0 Å². The maximum atomic E-state index is 5.89. The molecule has 0 unspecified atom stereocenters. The summed E-state index contributed by atoms with van der Waals surface area (Å²) in [4.78, 5) is 0. The predicted molar refractivity (Wildman–Crippen MR) is 61.9 cm³/mol. The lowest BCUT2D eigenvalue weighted by Gasteiger charge is -1.98. The molecule has 0 aromatic heterocycles. The first-order chi connectivity index (χ1) is 4.74. The lowest BCUT2D eigenvalue weighted by atomic mass is 10.2. The molecule has 3 heteroatoms. The van der Waals surface area contributed by atoms with Gasteiger partial charge in [0.1, 0.15) is 0 Å². The summed E-state index contributed by atoms with van der Waals surface area (Å²) in [6.07, 6.45) is 0. The van der Waals surface area contributed by atoms with Crippen molar-refractivity contribution in [1.82, 2.24) is 0 Å². The average molecular weight is 378 g/mol. The molecule has 0 fully saturated rings. The van der Waals surface area contributed by atoms with Crippen LogP contribution in [0.1, 0.15) is 5.56 Å². The van der Waals surface area contributed by atoms with E-state index in [2.05, 4.69) is 51.2 Å². The minimum Gasteiger partial charge on any atom is -0.0840 e. The van der Waals surface area contributed by atoms with Crippen LogP contribution in [-0.4, -0.2) is 0 Å². The Morgan fingerprint density at radius 3 is 2.60 bits per heavy atom. The zero-order valence-corrected chi connectivity index (χ0v) is 10.1. The van der Waals surface area contributed by atoms with Crippen LogP contribution in [0, 0.1) is 3.57 Å². The van der Waals surface area contributed by atoms with Gasteiger partial charge in [-0.05, 0) is 46.4 Å². The van der Waals surface area contributed by atoms with Gasteiger partial charge in [-0.25, -0.2) is 0 Å². The van der Waals surface area contributed by atoms with Gasteiger partial charge in [0.25, 0.3) is 0 Å². The third-order valence-corrected chi connectivity index (χ3v) is 3.01. The Morgan fingerprint density at radius 2 is 2.10 bits per heavy atom. The van der Waals surface area contributed by atoms with Gasteiger partial charge in [-0.15, -0.1) is 0 Å². The Kier molecular flexibility index (Phi) is 3.72. The molecule has 54 valence electrons. The van der Waals surface area contributed by atoms with Gasteiger partial charge in [-0.2, -0.15) is 0 Å². The molecule has 0 atom stereocenters. The fourth-order valence-electron chi connectivity index (χ4n) is 0.646. The van der Waals surface area contributed by atoms with E-state index in [4.69, 9.17) is 11.6 Å². The number of alkyl halides is 1. The number of hydrogen-bond donors (Lipinski definition) is 0. The third kappa shape index (κ3) is 2.23. The molecule has 1 aromatic carbocycles. The summed E-state index contributed by atoms with van der Waals surface area (Å²) in [5.74, 6) is 0. The van der Waals surface area contributed by atoms with Gasteiger partial charge >= 0.3 is 0 Å². The fourth-order valence-corrected chi connectivity index (χ4v) is 2.24. The van der Waals surface area contributed by atoms with Crippen LogP contribution < -0.4 is 0 Å². The van der Waals surface area contributed by atoms with Crippen molar-refractivity contribution >= 4 is 56.8 Å². The van der Waals surface area contributed by atoms with Crippen LogP contribution in [0.15, 0.2) is 18.2 Å². The third-order valence-electron chi connectivity index (χ3n) is 1.15. The first-order valence-corrected chi connectivity index (χ1v) is 5.72. The Balaban J connectivity index is 3.09. The molecule has 0 nitrogen and oxygen atoms in total. The molecule has 0 amide bonds. The van der Waals surface area contributed by atoms with E-state index in [-0.39, 0.29) is 0 Å². The van der Waals surface area contributed by atoms with E-state index in [1.54, 1.807) is 0 Å². The number of rotatable bonds is 1. The summed E-state index contributed by atoms with van der Waals surface area (Å²) >= 11 is 10.5. The van der Waals surface area contributed by atoms with Gasteiger partial charge in [0.05, 0.1) is 0 Å². The molecule has 1 rings (SSSR count). The van der Waals surface area contributed by atoms with E-state index in [9.17, 15) is 0 Å². The van der Waals surface area contributed by atoms with E-state index in [1.807, 2.05) is 12.1 Å². The molecular weight excluding hydrogens is 373 g/mol. The van der Waals surface area contributed by atoms with Crippen molar-refractivity contribution in [2.45, 2.75) is 4.43 Å². The molecule has 0 spiro atoms. The van der Waals surface area contributed by atoms with Crippen molar-refractivity contribution in [3.05, 3.63) is 32.4 Å². The van der Waals surface area contributed by atoms with Crippen LogP contribution in [-0.2, 0) is 4.43 Å². The van der Waals surface area contributed by atoms with Crippen molar-refractivity contribution in [3.8, 4) is 0 Å². The number of hydrogen-bond acceptors (Lipinski definition) is 0. The highest BCUT2D eigenvalue weighted by atomic mass is 127. The van der Waals surface area contributed by atoms with Crippen molar-refractivity contribution in [1.29, 1.82) is 0 Å². The second-order valence-corrected chi connectivity index (χ2v) is 4.28. The van der Waals surface area contributed by atoms with Crippen LogP contribution in [0.2, 0.25) is 5.02 Å². The summed E-state index contributed by atoms with van der Waals surface area (Å²) in [5, 5.41) is 0.870. The molecule has 10 heavy (non-hydrogen) atoms. The number of benzene rings is 1. The predicted octanol–water partition coefficient (Wildman–Crippen LogP) is 3.88. The summed E-state index contributed by atoms with van der Waals surface area (Å²) in [7, 11) is 0. The molecule has 0 aliphatic carbocycles. The standard InChI is InChI=1S/C7H5ClI2/c8-7-2-1-6(10)3-5(7)4-9/h1-3H,4H2. The second kappa shape index (κ2) is 4.11. The molecular formula is C7H5ClI2. The Bertz CT molecular complexity index is 235. The smallest absolute Gasteiger partial charge is 0.0446 e. The van der Waals surface area contributed by atoms with Crippen molar-refractivity contribution < 1.29 is 0 Å². The summed E-state index contributed by atoms with van der Waals surface area (Å²) < 4.78 is 2.22. The van der Waals surface area contributed by atoms with E-state index >= 15 is 0 Å². The Hall–Kier alpha value is 0.970. The Labute approximate surface area is 92.6 Å². The van der Waals surface area contributed by atoms with E-state index < -0.39 is 0 Å². The van der Waals surface area contributed by atoms with Crippen LogP contribution in [0.25, 0.3) is 0 Å². The lowest BCUT2D eigenvalue weighted by Crippen LogP contribution is -1.80. The first-order valence-electron chi connectivity index (χ1n) is 2.74. The molecule has 0 aliphatic rings. The van der Waals surface area contributed by atoms with Crippen LogP contribution in [0.4, 0.5) is 0 Å². The zero-order valence-electron chi connectivity index (χ0n) is 5.07. The summed E-state index contributed by atoms with van der Waals surface area (Å²) in [5.41, 5.74) is 1.22. The highest BCUT2D eigenvalue weighted by Gasteiger charge is 1.97. The van der Waals surface area contributed by atoms with Gasteiger partial charge in [0.2, 0.25) is 0 Å². The van der Waals surface area contributed by atoms with Gasteiger partial charge in [0, 0.05) is 13.0 Å². The van der Waals surface area contributed by atoms with Crippen molar-refractivity contribution in [3.63, 3.8) is 0 Å². The van der Waals surface area contributed by atoms with Gasteiger partial charge in [-0.1, -0.05) is 34.2 Å². The van der Waals surface area contributed by atoms with E-state index in [0.29, 0.717) is 0 Å². The first kappa shape index (κ1) is 9.06. The normalized spacial score (nSPS) is 9.90. The molecule has 1 aromatic rings. The summed E-state index contributed by atoms with van der Waals surface area (Å²) in [6, 6.07) is 6.06. The van der Waals surface area contributed by atoms with Crippen LogP contribution >= 0.6 is 56.8 Å². The molecule has 0 saturated heterocycles. The quantitative estimate of drug-likeness (QED) is 0.514. The topological polar surface area (TPSA) is 0 Å². The van der Waals surface area contributed by atoms with Crippen LogP contribution in [0.3, 0.4) is 0 Å². The summed E-state index contributed by atoms with van der Waals surface area (Å²) in [6.45, 7) is 0. The molecule has 0 radical (unpaired) electrons. The monoisotopic (exact) mass is 378 g/mol. The average Bonchev–Trinajstić information content (AvgIpc) is 1.94. The minimum atomic E-state index is 0.870.